The molecule has 5 rings (SSSR count). The van der Waals surface area contributed by atoms with Crippen LogP contribution in [-0.2, 0) is 29.1 Å². The van der Waals surface area contributed by atoms with Gasteiger partial charge in [0.25, 0.3) is 5.56 Å². The molecule has 4 aromatic rings. The number of amides is 2. The molecule has 43 heavy (non-hydrogen) atoms. The molecule has 2 amide bonds. The van der Waals surface area contributed by atoms with Crippen molar-refractivity contribution in [2.24, 2.45) is 5.41 Å². The fourth-order valence-corrected chi connectivity index (χ4v) is 5.98. The Morgan fingerprint density at radius 1 is 0.977 bits per heavy atom. The molecule has 0 radical (unpaired) electrons. The van der Waals surface area contributed by atoms with Gasteiger partial charge in [-0.05, 0) is 89.4 Å². The predicted molar refractivity (Wildman–Crippen MR) is 169 cm³/mol. The molecule has 4 heterocycles. The molecular weight excluding hydrogens is 542 g/mol. The van der Waals surface area contributed by atoms with Crippen molar-refractivity contribution in [3.8, 4) is 0 Å². The number of hydrogen-bond acceptors (Lipinski definition) is 6. The number of rotatable bonds is 10. The summed E-state index contributed by atoms with van der Waals surface area (Å²) in [6.45, 7) is 12.6. The molecule has 0 aliphatic carbocycles. The Hall–Kier alpha value is -4.24. The Bertz CT molecular complexity index is 1720. The Morgan fingerprint density at radius 3 is 2.51 bits per heavy atom. The van der Waals surface area contributed by atoms with Gasteiger partial charge in [-0.2, -0.15) is 0 Å². The minimum Gasteiger partial charge on any atom is -0.464 e. The Labute approximate surface area is 252 Å². The SMILES string of the molecule is CCN1C(=O)C(C)(C)C(=O)N(C)c2cc(CCCN(CCn3cc(C)c4occc4c3=O)Cc3ncccc3C)ccc21. The zero-order valence-electron chi connectivity index (χ0n) is 26.0. The van der Waals surface area contributed by atoms with Crippen LogP contribution < -0.4 is 15.4 Å². The van der Waals surface area contributed by atoms with Crippen LogP contribution in [0.5, 0.6) is 0 Å². The van der Waals surface area contributed by atoms with Gasteiger partial charge in [-0.15, -0.1) is 0 Å². The van der Waals surface area contributed by atoms with Crippen molar-refractivity contribution in [3.63, 3.8) is 0 Å². The number of aromatic nitrogens is 2. The maximum Gasteiger partial charge on any atom is 0.261 e. The van der Waals surface area contributed by atoms with E-state index in [1.807, 2.05) is 44.4 Å². The van der Waals surface area contributed by atoms with Crippen molar-refractivity contribution < 1.29 is 14.0 Å². The molecule has 0 unspecified atom stereocenters. The fourth-order valence-electron chi connectivity index (χ4n) is 5.98. The van der Waals surface area contributed by atoms with Crippen molar-refractivity contribution in [1.29, 1.82) is 0 Å². The zero-order valence-corrected chi connectivity index (χ0v) is 26.0. The van der Waals surface area contributed by atoms with E-state index in [4.69, 9.17) is 4.42 Å². The first kappa shape index (κ1) is 30.2. The number of furan rings is 1. The van der Waals surface area contributed by atoms with Crippen LogP contribution in [0.2, 0.25) is 0 Å². The number of carbonyl (C=O) groups is 2. The van der Waals surface area contributed by atoms with Crippen LogP contribution >= 0.6 is 0 Å². The first-order valence-electron chi connectivity index (χ1n) is 15.0. The normalized spacial score (nSPS) is 15.0. The van der Waals surface area contributed by atoms with Gasteiger partial charge in [0.1, 0.15) is 11.0 Å². The first-order chi connectivity index (χ1) is 20.5. The zero-order chi connectivity index (χ0) is 30.9. The second kappa shape index (κ2) is 12.2. The van der Waals surface area contributed by atoms with Gasteiger partial charge in [0.15, 0.2) is 0 Å². The largest absolute Gasteiger partial charge is 0.464 e. The van der Waals surface area contributed by atoms with Gasteiger partial charge in [0.2, 0.25) is 11.8 Å². The molecule has 1 aromatic carbocycles. The minimum absolute atomic E-state index is 0.0465. The lowest BCUT2D eigenvalue weighted by molar-refractivity contribution is -0.137. The van der Waals surface area contributed by atoms with E-state index in [1.165, 1.54) is 0 Å². The van der Waals surface area contributed by atoms with Gasteiger partial charge in [-0.25, -0.2) is 0 Å². The number of nitrogens with zero attached hydrogens (tertiary/aromatic N) is 5. The summed E-state index contributed by atoms with van der Waals surface area (Å²) in [6.07, 6.45) is 6.93. The number of aryl methyl sites for hydroxylation is 3. The van der Waals surface area contributed by atoms with E-state index < -0.39 is 5.41 Å². The van der Waals surface area contributed by atoms with Crippen LogP contribution in [0.3, 0.4) is 0 Å². The average Bonchev–Trinajstić information content (AvgIpc) is 3.49. The lowest BCUT2D eigenvalue weighted by atomic mass is 9.90. The highest BCUT2D eigenvalue weighted by atomic mass is 16.3. The van der Waals surface area contributed by atoms with E-state index in [2.05, 4.69) is 28.9 Å². The highest BCUT2D eigenvalue weighted by Gasteiger charge is 2.45. The van der Waals surface area contributed by atoms with Crippen LogP contribution in [0.15, 0.2) is 64.3 Å². The summed E-state index contributed by atoms with van der Waals surface area (Å²) in [6, 6.07) is 11.8. The number of anilines is 2. The summed E-state index contributed by atoms with van der Waals surface area (Å²) in [5, 5.41) is 0.602. The van der Waals surface area contributed by atoms with E-state index in [0.717, 1.165) is 53.1 Å². The van der Waals surface area contributed by atoms with E-state index >= 15 is 0 Å². The quantitative estimate of drug-likeness (QED) is 0.241. The minimum atomic E-state index is -1.13. The first-order valence-corrected chi connectivity index (χ1v) is 15.0. The summed E-state index contributed by atoms with van der Waals surface area (Å²) in [7, 11) is 1.75. The molecule has 9 heteroatoms. The number of pyridine rings is 2. The van der Waals surface area contributed by atoms with Crippen LogP contribution in [0.25, 0.3) is 11.0 Å². The lowest BCUT2D eigenvalue weighted by Crippen LogP contribution is -2.47. The van der Waals surface area contributed by atoms with Crippen LogP contribution in [-0.4, -0.2) is 52.9 Å². The molecule has 0 atom stereocenters. The highest BCUT2D eigenvalue weighted by Crippen LogP contribution is 2.39. The lowest BCUT2D eigenvalue weighted by Gasteiger charge is -2.27. The van der Waals surface area contributed by atoms with E-state index in [9.17, 15) is 14.4 Å². The second-order valence-corrected chi connectivity index (χ2v) is 12.0. The van der Waals surface area contributed by atoms with Gasteiger partial charge in [-0.1, -0.05) is 12.1 Å². The molecule has 0 fully saturated rings. The van der Waals surface area contributed by atoms with Crippen molar-refractivity contribution in [2.75, 3.05) is 36.5 Å². The van der Waals surface area contributed by atoms with E-state index in [1.54, 1.807) is 47.6 Å². The van der Waals surface area contributed by atoms with Gasteiger partial charge in [0.05, 0.1) is 28.7 Å². The molecule has 0 saturated carbocycles. The molecule has 1 aliphatic rings. The van der Waals surface area contributed by atoms with E-state index in [-0.39, 0.29) is 17.4 Å². The van der Waals surface area contributed by atoms with Crippen molar-refractivity contribution >= 4 is 34.2 Å². The van der Waals surface area contributed by atoms with Crippen LogP contribution in [0.4, 0.5) is 11.4 Å². The molecule has 0 bridgehead atoms. The summed E-state index contributed by atoms with van der Waals surface area (Å²) in [4.78, 5) is 49.8. The Balaban J connectivity index is 1.33. The summed E-state index contributed by atoms with van der Waals surface area (Å²) >= 11 is 0. The van der Waals surface area contributed by atoms with Crippen molar-refractivity contribution in [1.82, 2.24) is 14.5 Å². The number of carbonyl (C=O) groups excluding carboxylic acids is 2. The highest BCUT2D eigenvalue weighted by molar-refractivity contribution is 6.19. The monoisotopic (exact) mass is 583 g/mol. The number of hydrogen-bond donors (Lipinski definition) is 0. The molecule has 226 valence electrons. The summed E-state index contributed by atoms with van der Waals surface area (Å²) in [5.41, 5.74) is 5.19. The maximum atomic E-state index is 13.2. The number of fused-ring (bicyclic) bond motifs is 2. The van der Waals surface area contributed by atoms with Gasteiger partial charge in [0, 0.05) is 51.2 Å². The maximum absolute atomic E-state index is 13.2. The number of benzene rings is 1. The average molecular weight is 584 g/mol. The third-order valence-electron chi connectivity index (χ3n) is 8.58. The third kappa shape index (κ3) is 5.86. The second-order valence-electron chi connectivity index (χ2n) is 12.0. The predicted octanol–water partition coefficient (Wildman–Crippen LogP) is 5.10. The molecular formula is C34H41N5O4. The molecule has 0 saturated heterocycles. The van der Waals surface area contributed by atoms with Crippen molar-refractivity contribution in [3.05, 3.63) is 87.8 Å². The fraction of sp³-hybridized carbons (Fsp3) is 0.412. The third-order valence-corrected chi connectivity index (χ3v) is 8.58. The molecule has 0 spiro atoms. The summed E-state index contributed by atoms with van der Waals surface area (Å²) in [5.74, 6) is -0.386. The van der Waals surface area contributed by atoms with Gasteiger partial charge >= 0.3 is 0 Å². The Morgan fingerprint density at radius 2 is 1.77 bits per heavy atom. The smallest absolute Gasteiger partial charge is 0.261 e. The molecule has 0 N–H and O–H groups in total. The topological polar surface area (TPSA) is 91.9 Å². The van der Waals surface area contributed by atoms with Crippen LogP contribution in [0, 0.1) is 19.3 Å². The molecule has 3 aromatic heterocycles. The van der Waals surface area contributed by atoms with E-state index in [0.29, 0.717) is 37.1 Å². The van der Waals surface area contributed by atoms with Gasteiger partial charge < -0.3 is 18.8 Å². The standard InChI is InChI=1S/C34H41N5O4/c1-7-39-28-13-12-25(20-29(28)36(6)32(41)34(4,5)33(39)42)11-9-16-37(22-27-23(2)10-8-15-35-27)17-18-38-21-24(3)30-26(31(38)40)14-19-43-30/h8,10,12-15,19-21H,7,9,11,16-18,22H2,1-6H3. The molecule has 9 nitrogen and oxygen atoms in total. The summed E-state index contributed by atoms with van der Waals surface area (Å²) < 4.78 is 7.28. The van der Waals surface area contributed by atoms with Crippen LogP contribution in [0.1, 0.15) is 49.6 Å². The Kier molecular flexibility index (Phi) is 8.55. The van der Waals surface area contributed by atoms with Crippen molar-refractivity contribution in [2.45, 2.75) is 60.5 Å². The molecule has 1 aliphatic heterocycles. The van der Waals surface area contributed by atoms with Gasteiger partial charge in [-0.3, -0.25) is 24.3 Å².